The fraction of sp³-hybridized carbons (Fsp3) is 0.533. The fourth-order valence-electron chi connectivity index (χ4n) is 2.59. The normalized spacial score (nSPS) is 23.6. The van der Waals surface area contributed by atoms with Gasteiger partial charge >= 0.3 is 5.97 Å². The van der Waals surface area contributed by atoms with Gasteiger partial charge in [-0.1, -0.05) is 0 Å². The number of anilines is 1. The van der Waals surface area contributed by atoms with Crippen molar-refractivity contribution < 1.29 is 14.3 Å². The van der Waals surface area contributed by atoms with Crippen LogP contribution in [0, 0.1) is 0 Å². The summed E-state index contributed by atoms with van der Waals surface area (Å²) in [5.41, 5.74) is 5.90. The molecule has 5 heteroatoms. The number of carbonyl (C=O) groups is 1. The largest absolute Gasteiger partial charge is 0.456 e. The lowest BCUT2D eigenvalue weighted by Gasteiger charge is -2.26. The lowest BCUT2D eigenvalue weighted by atomic mass is 9.97. The minimum Gasteiger partial charge on any atom is -0.456 e. The van der Waals surface area contributed by atoms with Crippen LogP contribution in [-0.2, 0) is 9.47 Å². The molecule has 110 valence electrons. The van der Waals surface area contributed by atoms with Crippen molar-refractivity contribution in [3.05, 3.63) is 28.2 Å². The molecule has 0 aromatic heterocycles. The lowest BCUT2D eigenvalue weighted by molar-refractivity contribution is -0.0924. The van der Waals surface area contributed by atoms with Gasteiger partial charge in [0.1, 0.15) is 11.7 Å². The first-order valence-electron chi connectivity index (χ1n) is 6.57. The van der Waals surface area contributed by atoms with Crippen LogP contribution in [0.1, 0.15) is 44.5 Å². The number of carbonyl (C=O) groups excluding carboxylic acids is 1. The van der Waals surface area contributed by atoms with Gasteiger partial charge in [-0.3, -0.25) is 0 Å². The molecule has 2 N–H and O–H groups in total. The first kappa shape index (κ1) is 15.3. The molecule has 0 bridgehead atoms. The van der Waals surface area contributed by atoms with Crippen molar-refractivity contribution in [2.24, 2.45) is 0 Å². The van der Waals surface area contributed by atoms with Crippen molar-refractivity contribution in [1.82, 2.24) is 0 Å². The maximum Gasteiger partial charge on any atom is 0.339 e. The molecule has 1 aromatic carbocycles. The molecular weight excluding hydrogens is 322 g/mol. The molecule has 2 rings (SSSR count). The Balaban J connectivity index is 2.18. The third-order valence-electron chi connectivity index (χ3n) is 3.45. The van der Waals surface area contributed by atoms with Crippen molar-refractivity contribution in [3.63, 3.8) is 0 Å². The van der Waals surface area contributed by atoms with Gasteiger partial charge in [0.2, 0.25) is 0 Å². The molecule has 1 unspecified atom stereocenters. The lowest BCUT2D eigenvalue weighted by Crippen LogP contribution is -2.36. The van der Waals surface area contributed by atoms with Crippen LogP contribution in [0.5, 0.6) is 0 Å². The predicted octanol–water partition coefficient (Wildman–Crippen LogP) is 3.53. The molecule has 0 radical (unpaired) electrons. The minimum absolute atomic E-state index is 0.279. The second-order valence-electron chi connectivity index (χ2n) is 6.30. The van der Waals surface area contributed by atoms with Crippen LogP contribution >= 0.6 is 15.9 Å². The van der Waals surface area contributed by atoms with Gasteiger partial charge in [0.05, 0.1) is 11.2 Å². The smallest absolute Gasteiger partial charge is 0.339 e. The maximum atomic E-state index is 12.3. The summed E-state index contributed by atoms with van der Waals surface area (Å²) in [6.45, 7) is 7.88. The van der Waals surface area contributed by atoms with Crippen LogP contribution in [0.25, 0.3) is 0 Å². The predicted molar refractivity (Wildman–Crippen MR) is 81.6 cm³/mol. The van der Waals surface area contributed by atoms with E-state index in [0.717, 1.165) is 0 Å². The molecule has 1 saturated heterocycles. The number of nitrogen functional groups attached to an aromatic ring is 1. The summed E-state index contributed by atoms with van der Waals surface area (Å²) in [7, 11) is 0. The van der Waals surface area contributed by atoms with Crippen LogP contribution in [0.3, 0.4) is 0 Å². The summed E-state index contributed by atoms with van der Waals surface area (Å²) in [4.78, 5) is 12.3. The monoisotopic (exact) mass is 341 g/mol. The zero-order chi connectivity index (χ0) is 15.1. The van der Waals surface area contributed by atoms with E-state index in [1.54, 1.807) is 18.2 Å². The topological polar surface area (TPSA) is 61.5 Å². The van der Waals surface area contributed by atoms with Crippen LogP contribution in [0.4, 0.5) is 5.69 Å². The number of ether oxygens (including phenoxy) is 2. The van der Waals surface area contributed by atoms with Gasteiger partial charge in [0, 0.05) is 16.6 Å². The van der Waals surface area contributed by atoms with Gasteiger partial charge in [-0.25, -0.2) is 4.79 Å². The summed E-state index contributed by atoms with van der Waals surface area (Å²) in [6.07, 6.45) is 0.393. The molecule has 0 aliphatic carbocycles. The molecule has 1 aromatic rings. The number of benzene rings is 1. The van der Waals surface area contributed by atoms with E-state index in [-0.39, 0.29) is 17.7 Å². The van der Waals surface area contributed by atoms with Crippen molar-refractivity contribution in [3.8, 4) is 0 Å². The van der Waals surface area contributed by atoms with E-state index < -0.39 is 5.60 Å². The standard InChI is InChI=1S/C15H20BrNO3/c1-14(2)8-12(15(3,4)20-14)19-13(18)10-7-9(17)5-6-11(10)16/h5-7,12H,8,17H2,1-4H3. The Morgan fingerprint density at radius 1 is 1.40 bits per heavy atom. The van der Waals surface area contributed by atoms with Crippen molar-refractivity contribution in [1.29, 1.82) is 0 Å². The molecule has 0 spiro atoms. The van der Waals surface area contributed by atoms with Crippen LogP contribution < -0.4 is 5.73 Å². The molecule has 0 saturated carbocycles. The summed E-state index contributed by atoms with van der Waals surface area (Å²) >= 11 is 3.34. The first-order chi connectivity index (χ1) is 9.11. The molecule has 0 amide bonds. The van der Waals surface area contributed by atoms with Gasteiger partial charge in [-0.05, 0) is 61.8 Å². The molecular formula is C15H20BrNO3. The summed E-state index contributed by atoms with van der Waals surface area (Å²) in [6, 6.07) is 5.08. The zero-order valence-electron chi connectivity index (χ0n) is 12.2. The zero-order valence-corrected chi connectivity index (χ0v) is 13.8. The van der Waals surface area contributed by atoms with E-state index in [9.17, 15) is 4.79 Å². The molecule has 1 fully saturated rings. The SMILES string of the molecule is CC1(C)CC(OC(=O)c2cc(N)ccc2Br)C(C)(C)O1. The van der Waals surface area contributed by atoms with E-state index in [1.807, 2.05) is 27.7 Å². The van der Waals surface area contributed by atoms with Crippen LogP contribution in [-0.4, -0.2) is 23.3 Å². The summed E-state index contributed by atoms with van der Waals surface area (Å²) in [5, 5.41) is 0. The Bertz CT molecular complexity index is 540. The van der Waals surface area contributed by atoms with Crippen LogP contribution in [0.15, 0.2) is 22.7 Å². The van der Waals surface area contributed by atoms with E-state index in [4.69, 9.17) is 15.2 Å². The average Bonchev–Trinajstić information content (AvgIpc) is 2.50. The number of hydrogen-bond donors (Lipinski definition) is 1. The third-order valence-corrected chi connectivity index (χ3v) is 4.14. The second-order valence-corrected chi connectivity index (χ2v) is 7.16. The number of nitrogens with two attached hydrogens (primary N) is 1. The van der Waals surface area contributed by atoms with Gasteiger partial charge in [-0.15, -0.1) is 0 Å². The second kappa shape index (κ2) is 5.04. The average molecular weight is 342 g/mol. The fourth-order valence-corrected chi connectivity index (χ4v) is 3.00. The van der Waals surface area contributed by atoms with Crippen molar-refractivity contribution in [2.75, 3.05) is 5.73 Å². The molecule has 1 atom stereocenters. The number of rotatable bonds is 2. The van der Waals surface area contributed by atoms with Crippen molar-refractivity contribution >= 4 is 27.6 Å². The third kappa shape index (κ3) is 3.15. The Morgan fingerprint density at radius 3 is 2.60 bits per heavy atom. The van der Waals surface area contributed by atoms with E-state index in [0.29, 0.717) is 22.1 Å². The Kier molecular flexibility index (Phi) is 3.86. The first-order valence-corrected chi connectivity index (χ1v) is 7.36. The van der Waals surface area contributed by atoms with Crippen LogP contribution in [0.2, 0.25) is 0 Å². The van der Waals surface area contributed by atoms with Gasteiger partial charge in [-0.2, -0.15) is 0 Å². The summed E-state index contributed by atoms with van der Waals surface area (Å²) in [5.74, 6) is -0.386. The van der Waals surface area contributed by atoms with E-state index in [1.165, 1.54) is 0 Å². The van der Waals surface area contributed by atoms with Gasteiger partial charge in [0.25, 0.3) is 0 Å². The summed E-state index contributed by atoms with van der Waals surface area (Å²) < 4.78 is 12.2. The number of halogens is 1. The van der Waals surface area contributed by atoms with Gasteiger partial charge < -0.3 is 15.2 Å². The van der Waals surface area contributed by atoms with E-state index >= 15 is 0 Å². The molecule has 1 aliphatic rings. The molecule has 1 heterocycles. The van der Waals surface area contributed by atoms with Gasteiger partial charge in [0.15, 0.2) is 0 Å². The molecule has 20 heavy (non-hydrogen) atoms. The minimum atomic E-state index is -0.494. The molecule has 1 aliphatic heterocycles. The van der Waals surface area contributed by atoms with E-state index in [2.05, 4.69) is 15.9 Å². The highest BCUT2D eigenvalue weighted by Gasteiger charge is 2.48. The number of esters is 1. The highest BCUT2D eigenvalue weighted by molar-refractivity contribution is 9.10. The Hall–Kier alpha value is -1.07. The highest BCUT2D eigenvalue weighted by atomic mass is 79.9. The highest BCUT2D eigenvalue weighted by Crippen LogP contribution is 2.39. The van der Waals surface area contributed by atoms with Crippen molar-refractivity contribution in [2.45, 2.75) is 51.4 Å². The Morgan fingerprint density at radius 2 is 2.05 bits per heavy atom. The molecule has 4 nitrogen and oxygen atoms in total. The number of hydrogen-bond acceptors (Lipinski definition) is 4. The Labute approximate surface area is 127 Å². The maximum absolute atomic E-state index is 12.3. The quantitative estimate of drug-likeness (QED) is 0.660.